The number of aromatic nitrogens is 1. The number of rotatable bonds is 0. The Morgan fingerprint density at radius 2 is 2.13 bits per heavy atom. The van der Waals surface area contributed by atoms with Crippen molar-refractivity contribution in [2.75, 3.05) is 5.73 Å². The zero-order valence-corrected chi connectivity index (χ0v) is 8.62. The van der Waals surface area contributed by atoms with Gasteiger partial charge >= 0.3 is 0 Å². The molecule has 2 N–H and O–H groups in total. The van der Waals surface area contributed by atoms with Crippen LogP contribution in [0.15, 0.2) is 30.5 Å². The highest BCUT2D eigenvalue weighted by atomic mass is 32.1. The van der Waals surface area contributed by atoms with Crippen molar-refractivity contribution in [1.82, 2.24) is 4.98 Å². The summed E-state index contributed by atoms with van der Waals surface area (Å²) in [6.07, 6.45) is 3.56. The SMILES string of the molecule is Nc1nc2c(s1)C=COc1ccccc1-2. The fraction of sp³-hybridized carbons (Fsp3) is 0. The van der Waals surface area contributed by atoms with Gasteiger partial charge in [-0.3, -0.25) is 0 Å². The molecule has 1 aliphatic heterocycles. The molecule has 74 valence electrons. The number of para-hydroxylation sites is 1. The van der Waals surface area contributed by atoms with E-state index >= 15 is 0 Å². The fourth-order valence-electron chi connectivity index (χ4n) is 1.59. The third-order valence-corrected chi connectivity index (χ3v) is 3.08. The summed E-state index contributed by atoms with van der Waals surface area (Å²) in [5, 5.41) is 0.585. The molecule has 0 unspecified atom stereocenters. The van der Waals surface area contributed by atoms with Gasteiger partial charge < -0.3 is 10.5 Å². The molecule has 0 fully saturated rings. The lowest BCUT2D eigenvalue weighted by molar-refractivity contribution is 0.488. The monoisotopic (exact) mass is 216 g/mol. The van der Waals surface area contributed by atoms with Crippen LogP contribution in [0.3, 0.4) is 0 Å². The first-order valence-electron chi connectivity index (χ1n) is 4.53. The summed E-state index contributed by atoms with van der Waals surface area (Å²) in [6.45, 7) is 0. The van der Waals surface area contributed by atoms with Crippen molar-refractivity contribution in [3.63, 3.8) is 0 Å². The lowest BCUT2D eigenvalue weighted by atomic mass is 10.1. The van der Waals surface area contributed by atoms with E-state index in [2.05, 4.69) is 4.98 Å². The Hall–Kier alpha value is -1.81. The van der Waals surface area contributed by atoms with Gasteiger partial charge in [0, 0.05) is 5.56 Å². The molecule has 0 radical (unpaired) electrons. The van der Waals surface area contributed by atoms with Crippen molar-refractivity contribution in [3.05, 3.63) is 35.4 Å². The molecule has 0 saturated carbocycles. The maximum absolute atomic E-state index is 5.70. The molecule has 15 heavy (non-hydrogen) atoms. The summed E-state index contributed by atoms with van der Waals surface area (Å²) in [5.41, 5.74) is 7.59. The van der Waals surface area contributed by atoms with E-state index in [0.717, 1.165) is 21.9 Å². The lowest BCUT2D eigenvalue weighted by Crippen LogP contribution is -1.86. The third kappa shape index (κ3) is 1.30. The summed E-state index contributed by atoms with van der Waals surface area (Å²) in [4.78, 5) is 5.36. The Kier molecular flexibility index (Phi) is 1.76. The second-order valence-corrected chi connectivity index (χ2v) is 4.24. The minimum Gasteiger partial charge on any atom is -0.464 e. The van der Waals surface area contributed by atoms with Crippen LogP contribution in [0.2, 0.25) is 0 Å². The van der Waals surface area contributed by atoms with Crippen LogP contribution in [-0.2, 0) is 0 Å². The summed E-state index contributed by atoms with van der Waals surface area (Å²) >= 11 is 1.47. The minimum absolute atomic E-state index is 0.585. The number of hydrogen-bond donors (Lipinski definition) is 1. The van der Waals surface area contributed by atoms with Crippen LogP contribution in [-0.4, -0.2) is 4.98 Å². The first kappa shape index (κ1) is 8.49. The van der Waals surface area contributed by atoms with Crippen molar-refractivity contribution >= 4 is 22.5 Å². The average Bonchev–Trinajstić information content (AvgIpc) is 2.52. The molecule has 1 aliphatic rings. The molecular formula is C11H8N2OS. The van der Waals surface area contributed by atoms with Crippen molar-refractivity contribution in [2.24, 2.45) is 0 Å². The molecule has 3 rings (SSSR count). The van der Waals surface area contributed by atoms with Gasteiger partial charge in [-0.25, -0.2) is 4.98 Å². The van der Waals surface area contributed by atoms with Crippen LogP contribution < -0.4 is 10.5 Å². The van der Waals surface area contributed by atoms with Gasteiger partial charge in [-0.15, -0.1) is 0 Å². The summed E-state index contributed by atoms with van der Waals surface area (Å²) in [7, 11) is 0. The topological polar surface area (TPSA) is 48.1 Å². The highest BCUT2D eigenvalue weighted by Crippen LogP contribution is 2.38. The zero-order valence-electron chi connectivity index (χ0n) is 7.81. The first-order valence-corrected chi connectivity index (χ1v) is 5.35. The van der Waals surface area contributed by atoms with E-state index in [-0.39, 0.29) is 0 Å². The molecule has 0 atom stereocenters. The summed E-state index contributed by atoms with van der Waals surface area (Å²) < 4.78 is 5.47. The van der Waals surface area contributed by atoms with Gasteiger partial charge in [0.2, 0.25) is 0 Å². The highest BCUT2D eigenvalue weighted by Gasteiger charge is 2.15. The maximum Gasteiger partial charge on any atom is 0.181 e. The summed E-state index contributed by atoms with van der Waals surface area (Å²) in [5.74, 6) is 0.817. The number of benzene rings is 1. The second-order valence-electron chi connectivity index (χ2n) is 3.18. The van der Waals surface area contributed by atoms with E-state index in [0.29, 0.717) is 5.13 Å². The maximum atomic E-state index is 5.70. The number of hydrogen-bond acceptors (Lipinski definition) is 4. The molecule has 3 nitrogen and oxygen atoms in total. The highest BCUT2D eigenvalue weighted by molar-refractivity contribution is 7.16. The average molecular weight is 216 g/mol. The molecule has 0 amide bonds. The summed E-state index contributed by atoms with van der Waals surface area (Å²) in [6, 6.07) is 7.81. The van der Waals surface area contributed by atoms with E-state index in [1.807, 2.05) is 30.3 Å². The quantitative estimate of drug-likeness (QED) is 0.736. The molecule has 0 saturated heterocycles. The zero-order chi connectivity index (χ0) is 10.3. The van der Waals surface area contributed by atoms with E-state index in [4.69, 9.17) is 10.5 Å². The van der Waals surface area contributed by atoms with Crippen molar-refractivity contribution in [3.8, 4) is 17.0 Å². The van der Waals surface area contributed by atoms with Crippen molar-refractivity contribution < 1.29 is 4.74 Å². The van der Waals surface area contributed by atoms with Crippen molar-refractivity contribution in [2.45, 2.75) is 0 Å². The van der Waals surface area contributed by atoms with Gasteiger partial charge in [0.25, 0.3) is 0 Å². The lowest BCUT2D eigenvalue weighted by Gasteiger charge is -2.03. The molecular weight excluding hydrogens is 208 g/mol. The predicted molar refractivity (Wildman–Crippen MR) is 61.6 cm³/mol. The largest absolute Gasteiger partial charge is 0.464 e. The number of ether oxygens (including phenoxy) is 1. The van der Waals surface area contributed by atoms with E-state index < -0.39 is 0 Å². The van der Waals surface area contributed by atoms with Gasteiger partial charge in [-0.2, -0.15) is 0 Å². The number of thiazole rings is 1. The van der Waals surface area contributed by atoms with E-state index in [9.17, 15) is 0 Å². The first-order chi connectivity index (χ1) is 7.34. The molecule has 1 aromatic heterocycles. The smallest absolute Gasteiger partial charge is 0.181 e. The Bertz CT molecular complexity index is 545. The van der Waals surface area contributed by atoms with Gasteiger partial charge in [0.1, 0.15) is 5.75 Å². The molecule has 2 heterocycles. The van der Waals surface area contributed by atoms with Crippen LogP contribution >= 0.6 is 11.3 Å². The molecule has 1 aromatic carbocycles. The third-order valence-electron chi connectivity index (χ3n) is 2.23. The Labute approximate surface area is 90.8 Å². The van der Waals surface area contributed by atoms with E-state index in [1.54, 1.807) is 6.26 Å². The van der Waals surface area contributed by atoms with Crippen LogP contribution in [0.5, 0.6) is 5.75 Å². The molecule has 4 heteroatoms. The molecule has 2 aromatic rings. The number of anilines is 1. The number of fused-ring (bicyclic) bond motifs is 3. The second kappa shape index (κ2) is 3.10. The number of nitrogen functional groups attached to an aromatic ring is 1. The Balaban J connectivity index is 2.32. The molecule has 0 aliphatic carbocycles. The van der Waals surface area contributed by atoms with Gasteiger partial charge in [0.15, 0.2) is 5.13 Å². The normalized spacial score (nSPS) is 12.5. The number of nitrogens with two attached hydrogens (primary N) is 1. The molecule has 0 bridgehead atoms. The van der Waals surface area contributed by atoms with Gasteiger partial charge in [-0.1, -0.05) is 23.5 Å². The standard InChI is InChI=1S/C11H8N2OS/c12-11-13-10-7-3-1-2-4-8(7)14-6-5-9(10)15-11/h1-6H,(H2,12,13). The van der Waals surface area contributed by atoms with Crippen LogP contribution in [0, 0.1) is 0 Å². The van der Waals surface area contributed by atoms with Gasteiger partial charge in [-0.05, 0) is 18.2 Å². The van der Waals surface area contributed by atoms with Crippen LogP contribution in [0.1, 0.15) is 4.88 Å². The minimum atomic E-state index is 0.585. The number of nitrogens with zero attached hydrogens (tertiary/aromatic N) is 1. The van der Waals surface area contributed by atoms with Crippen LogP contribution in [0.25, 0.3) is 17.3 Å². The molecule has 0 spiro atoms. The fourth-order valence-corrected chi connectivity index (χ4v) is 2.33. The Morgan fingerprint density at radius 3 is 3.07 bits per heavy atom. The van der Waals surface area contributed by atoms with Crippen molar-refractivity contribution in [1.29, 1.82) is 0 Å². The van der Waals surface area contributed by atoms with Gasteiger partial charge in [0.05, 0.1) is 16.8 Å². The predicted octanol–water partition coefficient (Wildman–Crippen LogP) is 2.76. The van der Waals surface area contributed by atoms with E-state index in [1.165, 1.54) is 11.3 Å². The Morgan fingerprint density at radius 1 is 1.27 bits per heavy atom. The van der Waals surface area contributed by atoms with Crippen LogP contribution in [0.4, 0.5) is 5.13 Å².